The van der Waals surface area contributed by atoms with Crippen LogP contribution in [-0.4, -0.2) is 17.1 Å². The van der Waals surface area contributed by atoms with E-state index in [0.29, 0.717) is 5.75 Å². The molecular formula is C15H17NO. The van der Waals surface area contributed by atoms with Crippen molar-refractivity contribution in [1.29, 1.82) is 0 Å². The van der Waals surface area contributed by atoms with Crippen LogP contribution in [0.25, 0.3) is 0 Å². The number of rotatable bonds is 4. The maximum atomic E-state index is 9.21. The molecular weight excluding hydrogens is 210 g/mol. The third-order valence-corrected chi connectivity index (χ3v) is 2.68. The molecule has 17 heavy (non-hydrogen) atoms. The van der Waals surface area contributed by atoms with Crippen molar-refractivity contribution in [3.63, 3.8) is 0 Å². The van der Waals surface area contributed by atoms with Crippen LogP contribution >= 0.6 is 0 Å². The number of aromatic hydroxyl groups is 1. The Labute approximate surface area is 102 Å². The maximum Gasteiger partial charge on any atom is 0.115 e. The van der Waals surface area contributed by atoms with Crippen LogP contribution in [-0.2, 0) is 13.1 Å². The summed E-state index contributed by atoms with van der Waals surface area (Å²) in [6, 6.07) is 17.8. The fourth-order valence-corrected chi connectivity index (χ4v) is 1.86. The molecule has 0 unspecified atom stereocenters. The summed E-state index contributed by atoms with van der Waals surface area (Å²) in [5.41, 5.74) is 2.52. The van der Waals surface area contributed by atoms with E-state index in [4.69, 9.17) is 0 Å². The monoisotopic (exact) mass is 227 g/mol. The summed E-state index contributed by atoms with van der Waals surface area (Å²) in [6.45, 7) is 1.82. The molecule has 0 aliphatic heterocycles. The highest BCUT2D eigenvalue weighted by Crippen LogP contribution is 2.12. The Morgan fingerprint density at radius 3 is 1.94 bits per heavy atom. The van der Waals surface area contributed by atoms with Gasteiger partial charge in [0.2, 0.25) is 0 Å². The zero-order valence-electron chi connectivity index (χ0n) is 10.0. The minimum Gasteiger partial charge on any atom is -0.508 e. The van der Waals surface area contributed by atoms with E-state index in [1.807, 2.05) is 18.2 Å². The zero-order chi connectivity index (χ0) is 12.1. The van der Waals surface area contributed by atoms with E-state index >= 15 is 0 Å². The largest absolute Gasteiger partial charge is 0.508 e. The van der Waals surface area contributed by atoms with Crippen LogP contribution in [0.4, 0.5) is 0 Å². The van der Waals surface area contributed by atoms with Gasteiger partial charge in [0.1, 0.15) is 5.75 Å². The molecule has 88 valence electrons. The van der Waals surface area contributed by atoms with Crippen LogP contribution in [0.1, 0.15) is 11.1 Å². The molecule has 0 saturated carbocycles. The lowest BCUT2D eigenvalue weighted by Crippen LogP contribution is -2.16. The average Bonchev–Trinajstić information content (AvgIpc) is 2.33. The fraction of sp³-hybridized carbons (Fsp3) is 0.200. The number of hydrogen-bond acceptors (Lipinski definition) is 2. The van der Waals surface area contributed by atoms with Gasteiger partial charge in [0.25, 0.3) is 0 Å². The molecule has 0 radical (unpaired) electrons. The Morgan fingerprint density at radius 2 is 1.35 bits per heavy atom. The van der Waals surface area contributed by atoms with Gasteiger partial charge in [0.15, 0.2) is 0 Å². The first-order valence-corrected chi connectivity index (χ1v) is 5.74. The Morgan fingerprint density at radius 1 is 0.824 bits per heavy atom. The highest BCUT2D eigenvalue weighted by atomic mass is 16.3. The topological polar surface area (TPSA) is 23.5 Å². The van der Waals surface area contributed by atoms with E-state index in [0.717, 1.165) is 13.1 Å². The van der Waals surface area contributed by atoms with E-state index in [2.05, 4.69) is 36.2 Å². The molecule has 0 aromatic heterocycles. The van der Waals surface area contributed by atoms with E-state index < -0.39 is 0 Å². The SMILES string of the molecule is CN(Cc1ccccc1)Cc1ccc(O)cc1. The molecule has 0 aliphatic carbocycles. The average molecular weight is 227 g/mol. The fourth-order valence-electron chi connectivity index (χ4n) is 1.86. The lowest BCUT2D eigenvalue weighted by molar-refractivity contribution is 0.319. The summed E-state index contributed by atoms with van der Waals surface area (Å²) in [5, 5.41) is 9.21. The van der Waals surface area contributed by atoms with Crippen molar-refractivity contribution in [2.24, 2.45) is 0 Å². The number of benzene rings is 2. The quantitative estimate of drug-likeness (QED) is 0.867. The van der Waals surface area contributed by atoms with Crippen LogP contribution in [0.15, 0.2) is 54.6 Å². The van der Waals surface area contributed by atoms with Gasteiger partial charge in [-0.2, -0.15) is 0 Å². The van der Waals surface area contributed by atoms with Gasteiger partial charge < -0.3 is 5.11 Å². The van der Waals surface area contributed by atoms with Crippen molar-refractivity contribution < 1.29 is 5.11 Å². The van der Waals surface area contributed by atoms with E-state index in [1.54, 1.807) is 12.1 Å². The molecule has 0 bridgehead atoms. The smallest absolute Gasteiger partial charge is 0.115 e. The van der Waals surface area contributed by atoms with Crippen LogP contribution in [0.5, 0.6) is 5.75 Å². The second kappa shape index (κ2) is 5.51. The normalized spacial score (nSPS) is 10.7. The summed E-state index contributed by atoms with van der Waals surface area (Å²) in [7, 11) is 2.10. The Bertz CT molecular complexity index is 450. The van der Waals surface area contributed by atoms with Gasteiger partial charge in [-0.25, -0.2) is 0 Å². The number of nitrogens with zero attached hydrogens (tertiary/aromatic N) is 1. The Kier molecular flexibility index (Phi) is 3.78. The lowest BCUT2D eigenvalue weighted by Gasteiger charge is -2.16. The number of phenolic OH excluding ortho intramolecular Hbond substituents is 1. The second-order valence-corrected chi connectivity index (χ2v) is 4.32. The maximum absolute atomic E-state index is 9.21. The Hall–Kier alpha value is -1.80. The third-order valence-electron chi connectivity index (χ3n) is 2.68. The first-order chi connectivity index (χ1) is 8.24. The van der Waals surface area contributed by atoms with Gasteiger partial charge in [-0.1, -0.05) is 42.5 Å². The minimum absolute atomic E-state index is 0.319. The molecule has 0 atom stereocenters. The number of hydrogen-bond donors (Lipinski definition) is 1. The van der Waals surface area contributed by atoms with E-state index in [9.17, 15) is 5.11 Å². The molecule has 0 saturated heterocycles. The van der Waals surface area contributed by atoms with E-state index in [1.165, 1.54) is 11.1 Å². The first kappa shape index (κ1) is 11.7. The molecule has 2 heteroatoms. The highest BCUT2D eigenvalue weighted by Gasteiger charge is 2.01. The summed E-state index contributed by atoms with van der Waals surface area (Å²) in [6.07, 6.45) is 0. The van der Waals surface area contributed by atoms with Crippen LogP contribution in [0.3, 0.4) is 0 Å². The van der Waals surface area contributed by atoms with Crippen LogP contribution in [0.2, 0.25) is 0 Å². The molecule has 2 nitrogen and oxygen atoms in total. The summed E-state index contributed by atoms with van der Waals surface area (Å²) in [5.74, 6) is 0.319. The minimum atomic E-state index is 0.319. The van der Waals surface area contributed by atoms with Crippen LogP contribution < -0.4 is 0 Å². The molecule has 0 aliphatic rings. The molecule has 0 fully saturated rings. The van der Waals surface area contributed by atoms with Gasteiger partial charge in [0, 0.05) is 13.1 Å². The summed E-state index contributed by atoms with van der Waals surface area (Å²) < 4.78 is 0. The highest BCUT2D eigenvalue weighted by molar-refractivity contribution is 5.25. The Balaban J connectivity index is 1.93. The van der Waals surface area contributed by atoms with Crippen molar-refractivity contribution in [2.45, 2.75) is 13.1 Å². The predicted octanol–water partition coefficient (Wildman–Crippen LogP) is 3.02. The summed E-state index contributed by atoms with van der Waals surface area (Å²) >= 11 is 0. The van der Waals surface area contributed by atoms with Gasteiger partial charge in [-0.15, -0.1) is 0 Å². The van der Waals surface area contributed by atoms with Gasteiger partial charge >= 0.3 is 0 Å². The van der Waals surface area contributed by atoms with E-state index in [-0.39, 0.29) is 0 Å². The van der Waals surface area contributed by atoms with Crippen molar-refractivity contribution in [3.05, 3.63) is 65.7 Å². The van der Waals surface area contributed by atoms with Crippen molar-refractivity contribution in [2.75, 3.05) is 7.05 Å². The van der Waals surface area contributed by atoms with Crippen LogP contribution in [0, 0.1) is 0 Å². The zero-order valence-corrected chi connectivity index (χ0v) is 10.0. The van der Waals surface area contributed by atoms with Gasteiger partial charge in [0.05, 0.1) is 0 Å². The summed E-state index contributed by atoms with van der Waals surface area (Å²) in [4.78, 5) is 2.25. The molecule has 2 rings (SSSR count). The lowest BCUT2D eigenvalue weighted by atomic mass is 10.2. The molecule has 0 amide bonds. The number of phenols is 1. The second-order valence-electron chi connectivity index (χ2n) is 4.32. The molecule has 0 heterocycles. The molecule has 1 N–H and O–H groups in total. The van der Waals surface area contributed by atoms with Gasteiger partial charge in [-0.3, -0.25) is 4.90 Å². The third kappa shape index (κ3) is 3.61. The van der Waals surface area contributed by atoms with Gasteiger partial charge in [-0.05, 0) is 30.3 Å². The molecule has 2 aromatic rings. The molecule has 0 spiro atoms. The predicted molar refractivity (Wildman–Crippen MR) is 69.7 cm³/mol. The van der Waals surface area contributed by atoms with Crippen molar-refractivity contribution in [1.82, 2.24) is 4.90 Å². The standard InChI is InChI=1S/C15H17NO/c1-16(11-13-5-3-2-4-6-13)12-14-7-9-15(17)10-8-14/h2-10,17H,11-12H2,1H3. The van der Waals surface area contributed by atoms with Crippen molar-refractivity contribution >= 4 is 0 Å². The van der Waals surface area contributed by atoms with Crippen molar-refractivity contribution in [3.8, 4) is 5.75 Å². The molecule has 2 aromatic carbocycles. The first-order valence-electron chi connectivity index (χ1n) is 5.74.